The van der Waals surface area contributed by atoms with E-state index in [0.717, 1.165) is 55.3 Å². The molecule has 2 heterocycles. The van der Waals surface area contributed by atoms with Crippen LogP contribution in [0.3, 0.4) is 0 Å². The topological polar surface area (TPSA) is 42.4 Å². The van der Waals surface area contributed by atoms with Gasteiger partial charge in [0.05, 0.1) is 22.9 Å². The number of hydrogen-bond donors (Lipinski definition) is 0. The van der Waals surface area contributed by atoms with E-state index in [0.29, 0.717) is 11.7 Å². The number of rotatable bonds is 4. The number of ether oxygens (including phenoxy) is 1. The molecule has 1 atom stereocenters. The third kappa shape index (κ3) is 3.17. The third-order valence-corrected chi connectivity index (χ3v) is 5.99. The number of halogens is 1. The molecule has 1 aliphatic heterocycles. The van der Waals surface area contributed by atoms with E-state index >= 15 is 0 Å². The summed E-state index contributed by atoms with van der Waals surface area (Å²) in [4.78, 5) is 19.4. The fraction of sp³-hybridized carbons (Fsp3) is 0.556. The van der Waals surface area contributed by atoms with Gasteiger partial charge in [-0.05, 0) is 43.9 Å². The highest BCUT2D eigenvalue weighted by molar-refractivity contribution is 7.22. The van der Waals surface area contributed by atoms with E-state index in [2.05, 4.69) is 4.98 Å². The van der Waals surface area contributed by atoms with Crippen LogP contribution in [0.15, 0.2) is 18.2 Å². The van der Waals surface area contributed by atoms with Crippen molar-refractivity contribution in [2.45, 2.75) is 44.6 Å². The standard InChI is InChI=1S/C18H21FN2O2S/c19-13-7-8-15-16(10-13)24-18(20-15)21(11-14-6-3-9-23-14)17(22)12-4-1-2-5-12/h7-8,10,12,14H,1-6,9,11H2. The van der Waals surface area contributed by atoms with Crippen LogP contribution in [0.25, 0.3) is 10.2 Å². The van der Waals surface area contributed by atoms with Gasteiger partial charge in [0, 0.05) is 12.5 Å². The molecule has 24 heavy (non-hydrogen) atoms. The minimum atomic E-state index is -0.273. The lowest BCUT2D eigenvalue weighted by molar-refractivity contribution is -0.122. The lowest BCUT2D eigenvalue weighted by atomic mass is 10.1. The van der Waals surface area contributed by atoms with Gasteiger partial charge in [0.2, 0.25) is 5.91 Å². The van der Waals surface area contributed by atoms with Gasteiger partial charge in [-0.2, -0.15) is 0 Å². The molecule has 4 rings (SSSR count). The molecule has 128 valence electrons. The van der Waals surface area contributed by atoms with Gasteiger partial charge in [-0.25, -0.2) is 9.37 Å². The number of carbonyl (C=O) groups is 1. The lowest BCUT2D eigenvalue weighted by Gasteiger charge is -2.25. The largest absolute Gasteiger partial charge is 0.376 e. The van der Waals surface area contributed by atoms with Crippen molar-refractivity contribution in [3.8, 4) is 0 Å². The molecule has 2 aliphatic rings. The molecule has 0 N–H and O–H groups in total. The molecule has 0 bridgehead atoms. The molecule has 4 nitrogen and oxygen atoms in total. The van der Waals surface area contributed by atoms with Crippen LogP contribution in [-0.4, -0.2) is 30.1 Å². The van der Waals surface area contributed by atoms with E-state index in [9.17, 15) is 9.18 Å². The average molecular weight is 348 g/mol. The van der Waals surface area contributed by atoms with E-state index in [1.807, 2.05) is 0 Å². The molecule has 6 heteroatoms. The molecule has 1 saturated carbocycles. The highest BCUT2D eigenvalue weighted by Gasteiger charge is 2.32. The van der Waals surface area contributed by atoms with Crippen molar-refractivity contribution in [1.82, 2.24) is 4.98 Å². The van der Waals surface area contributed by atoms with E-state index in [1.54, 1.807) is 11.0 Å². The Balaban J connectivity index is 1.65. The number of amides is 1. The number of nitrogens with zero attached hydrogens (tertiary/aromatic N) is 2. The zero-order valence-corrected chi connectivity index (χ0v) is 14.4. The summed E-state index contributed by atoms with van der Waals surface area (Å²) in [6.45, 7) is 1.32. The summed E-state index contributed by atoms with van der Waals surface area (Å²) < 4.78 is 20.0. The van der Waals surface area contributed by atoms with Crippen LogP contribution in [0, 0.1) is 11.7 Å². The Hall–Kier alpha value is -1.53. The molecule has 1 unspecified atom stereocenters. The molecule has 1 saturated heterocycles. The van der Waals surface area contributed by atoms with Crippen molar-refractivity contribution in [3.05, 3.63) is 24.0 Å². The van der Waals surface area contributed by atoms with Crippen molar-refractivity contribution < 1.29 is 13.9 Å². The van der Waals surface area contributed by atoms with Crippen LogP contribution >= 0.6 is 11.3 Å². The van der Waals surface area contributed by atoms with E-state index < -0.39 is 0 Å². The first-order chi connectivity index (χ1) is 11.7. The number of hydrogen-bond acceptors (Lipinski definition) is 4. The first-order valence-electron chi connectivity index (χ1n) is 8.70. The van der Waals surface area contributed by atoms with Gasteiger partial charge >= 0.3 is 0 Å². The molecule has 1 amide bonds. The quantitative estimate of drug-likeness (QED) is 0.834. The van der Waals surface area contributed by atoms with Gasteiger partial charge in [-0.1, -0.05) is 24.2 Å². The van der Waals surface area contributed by atoms with Gasteiger partial charge in [-0.15, -0.1) is 0 Å². The molecule has 0 radical (unpaired) electrons. The Labute approximate surface area is 144 Å². The maximum absolute atomic E-state index is 13.5. The number of benzene rings is 1. The smallest absolute Gasteiger partial charge is 0.231 e. The molecule has 2 aromatic rings. The van der Waals surface area contributed by atoms with Gasteiger partial charge in [-0.3, -0.25) is 9.69 Å². The van der Waals surface area contributed by atoms with E-state index in [1.165, 1.54) is 23.5 Å². The molecule has 1 aromatic carbocycles. The highest BCUT2D eigenvalue weighted by Crippen LogP contribution is 2.34. The van der Waals surface area contributed by atoms with Crippen molar-refractivity contribution in [1.29, 1.82) is 0 Å². The Bertz CT molecular complexity index is 736. The molecular formula is C18H21FN2O2S. The third-order valence-electron chi connectivity index (χ3n) is 4.95. The van der Waals surface area contributed by atoms with Crippen molar-refractivity contribution in [2.24, 2.45) is 5.92 Å². The van der Waals surface area contributed by atoms with Gasteiger partial charge in [0.15, 0.2) is 5.13 Å². The first-order valence-corrected chi connectivity index (χ1v) is 9.51. The Morgan fingerprint density at radius 2 is 2.12 bits per heavy atom. The van der Waals surface area contributed by atoms with Gasteiger partial charge in [0.1, 0.15) is 5.82 Å². The lowest BCUT2D eigenvalue weighted by Crippen LogP contribution is -2.40. The Kier molecular flexibility index (Phi) is 4.50. The second kappa shape index (κ2) is 6.76. The normalized spacial score (nSPS) is 21.6. The molecule has 0 spiro atoms. The fourth-order valence-electron chi connectivity index (χ4n) is 3.65. The second-order valence-electron chi connectivity index (χ2n) is 6.67. The van der Waals surface area contributed by atoms with Crippen LogP contribution in [0.4, 0.5) is 9.52 Å². The van der Waals surface area contributed by atoms with Crippen LogP contribution < -0.4 is 4.90 Å². The zero-order valence-electron chi connectivity index (χ0n) is 13.5. The Morgan fingerprint density at radius 3 is 2.88 bits per heavy atom. The summed E-state index contributed by atoms with van der Waals surface area (Å²) in [5, 5.41) is 0.669. The van der Waals surface area contributed by atoms with Crippen molar-refractivity contribution in [3.63, 3.8) is 0 Å². The predicted octanol–water partition coefficient (Wildman–Crippen LogP) is 4.14. The Morgan fingerprint density at radius 1 is 1.29 bits per heavy atom. The van der Waals surface area contributed by atoms with Crippen LogP contribution in [-0.2, 0) is 9.53 Å². The van der Waals surface area contributed by atoms with Crippen LogP contribution in [0.1, 0.15) is 38.5 Å². The molecule has 1 aliphatic carbocycles. The number of aromatic nitrogens is 1. The summed E-state index contributed by atoms with van der Waals surface area (Å²) in [5.41, 5.74) is 0.743. The number of anilines is 1. The summed E-state index contributed by atoms with van der Waals surface area (Å²) in [5.74, 6) is -0.0248. The number of carbonyl (C=O) groups excluding carboxylic acids is 1. The first kappa shape index (κ1) is 16.0. The van der Waals surface area contributed by atoms with E-state index in [4.69, 9.17) is 4.74 Å². The summed E-state index contributed by atoms with van der Waals surface area (Å²) >= 11 is 1.39. The number of thiazole rings is 1. The predicted molar refractivity (Wildman–Crippen MR) is 92.9 cm³/mol. The maximum Gasteiger partial charge on any atom is 0.231 e. The maximum atomic E-state index is 13.5. The molecule has 1 aromatic heterocycles. The van der Waals surface area contributed by atoms with E-state index in [-0.39, 0.29) is 23.7 Å². The van der Waals surface area contributed by atoms with Gasteiger partial charge < -0.3 is 4.74 Å². The minimum Gasteiger partial charge on any atom is -0.376 e. The van der Waals surface area contributed by atoms with Crippen LogP contribution in [0.5, 0.6) is 0 Å². The summed E-state index contributed by atoms with van der Waals surface area (Å²) in [6.07, 6.45) is 6.26. The fourth-order valence-corrected chi connectivity index (χ4v) is 4.65. The highest BCUT2D eigenvalue weighted by atomic mass is 32.1. The second-order valence-corrected chi connectivity index (χ2v) is 7.68. The minimum absolute atomic E-state index is 0.0825. The summed E-state index contributed by atoms with van der Waals surface area (Å²) in [7, 11) is 0. The van der Waals surface area contributed by atoms with Crippen molar-refractivity contribution in [2.75, 3.05) is 18.1 Å². The zero-order chi connectivity index (χ0) is 16.5. The van der Waals surface area contributed by atoms with Crippen molar-refractivity contribution >= 4 is 32.6 Å². The number of fused-ring (bicyclic) bond motifs is 1. The van der Waals surface area contributed by atoms with Gasteiger partial charge in [0.25, 0.3) is 0 Å². The SMILES string of the molecule is O=C(C1CCCC1)N(CC1CCCO1)c1nc2ccc(F)cc2s1. The molecular weight excluding hydrogens is 327 g/mol. The van der Waals surface area contributed by atoms with Crippen LogP contribution in [0.2, 0.25) is 0 Å². The molecule has 2 fully saturated rings. The average Bonchev–Trinajstić information content (AvgIpc) is 3.31. The monoisotopic (exact) mass is 348 g/mol. The summed E-state index contributed by atoms with van der Waals surface area (Å²) in [6, 6.07) is 4.57.